The Morgan fingerprint density at radius 3 is 2.39 bits per heavy atom. The fraction of sp³-hybridized carbons (Fsp3) is 0.125. The number of nitrogens with one attached hydrogen (secondary N) is 1. The molecule has 1 amide bonds. The van der Waals surface area contributed by atoms with Gasteiger partial charge in [0, 0.05) is 28.0 Å². The number of amides is 1. The van der Waals surface area contributed by atoms with Gasteiger partial charge in [0.1, 0.15) is 0 Å². The third-order valence-electron chi connectivity index (χ3n) is 4.75. The summed E-state index contributed by atoms with van der Waals surface area (Å²) >= 11 is 7.37. The molecule has 1 N–H and O–H groups in total. The van der Waals surface area contributed by atoms with Crippen LogP contribution in [0.5, 0.6) is 11.5 Å². The summed E-state index contributed by atoms with van der Waals surface area (Å²) in [4.78, 5) is 12.6. The van der Waals surface area contributed by atoms with E-state index in [0.717, 1.165) is 11.3 Å². The van der Waals surface area contributed by atoms with Crippen LogP contribution in [0.15, 0.2) is 78.0 Å². The number of rotatable bonds is 8. The van der Waals surface area contributed by atoms with Crippen molar-refractivity contribution in [2.45, 2.75) is 5.16 Å². The Kier molecular flexibility index (Phi) is 7.16. The van der Waals surface area contributed by atoms with E-state index < -0.39 is 0 Å². The van der Waals surface area contributed by atoms with Crippen molar-refractivity contribution in [1.29, 1.82) is 0 Å². The molecular formula is C24H21ClN4O3S. The minimum absolute atomic E-state index is 0.148. The second-order valence-electron chi connectivity index (χ2n) is 6.89. The van der Waals surface area contributed by atoms with E-state index >= 15 is 0 Å². The number of halogens is 1. The Hall–Kier alpha value is -3.49. The molecular weight excluding hydrogens is 460 g/mol. The van der Waals surface area contributed by atoms with Gasteiger partial charge in [0.2, 0.25) is 5.91 Å². The molecule has 0 aliphatic heterocycles. The van der Waals surface area contributed by atoms with Crippen LogP contribution >= 0.6 is 23.4 Å². The van der Waals surface area contributed by atoms with Crippen LogP contribution < -0.4 is 14.8 Å². The maximum atomic E-state index is 12.6. The van der Waals surface area contributed by atoms with Crippen LogP contribution in [0, 0.1) is 0 Å². The van der Waals surface area contributed by atoms with E-state index in [4.69, 9.17) is 21.1 Å². The standard InChI is InChI=1S/C24H21ClN4O3S/c1-31-20-13-10-18(14-21(20)32-2)26-22(30)15-33-24-28-27-23(16-6-4-3-5-7-16)29(24)19-11-8-17(25)9-12-19/h3-14H,15H2,1-2H3,(H,26,30). The molecule has 0 saturated heterocycles. The molecule has 4 aromatic rings. The molecule has 9 heteroatoms. The van der Waals surface area contributed by atoms with Crippen molar-refractivity contribution in [3.63, 3.8) is 0 Å². The van der Waals surface area contributed by atoms with Crippen molar-refractivity contribution in [2.75, 3.05) is 25.3 Å². The Balaban J connectivity index is 1.55. The first-order valence-corrected chi connectivity index (χ1v) is 11.4. The zero-order valence-corrected chi connectivity index (χ0v) is 19.6. The normalized spacial score (nSPS) is 10.6. The van der Waals surface area contributed by atoms with Gasteiger partial charge in [-0.05, 0) is 36.4 Å². The van der Waals surface area contributed by atoms with E-state index in [-0.39, 0.29) is 11.7 Å². The fourth-order valence-electron chi connectivity index (χ4n) is 3.20. The van der Waals surface area contributed by atoms with Gasteiger partial charge in [-0.1, -0.05) is 53.7 Å². The SMILES string of the molecule is COc1ccc(NC(=O)CSc2nnc(-c3ccccc3)n2-c2ccc(Cl)cc2)cc1OC. The van der Waals surface area contributed by atoms with Gasteiger partial charge in [0.15, 0.2) is 22.5 Å². The second kappa shape index (κ2) is 10.4. The largest absolute Gasteiger partial charge is 0.493 e. The minimum atomic E-state index is -0.181. The highest BCUT2D eigenvalue weighted by atomic mass is 35.5. The topological polar surface area (TPSA) is 78.3 Å². The van der Waals surface area contributed by atoms with Crippen LogP contribution in [0.1, 0.15) is 0 Å². The molecule has 0 fully saturated rings. The van der Waals surface area contributed by atoms with Gasteiger partial charge in [-0.2, -0.15) is 0 Å². The lowest BCUT2D eigenvalue weighted by molar-refractivity contribution is -0.113. The molecule has 168 valence electrons. The van der Waals surface area contributed by atoms with Crippen LogP contribution in [0.2, 0.25) is 5.02 Å². The number of carbonyl (C=O) groups excluding carboxylic acids is 1. The first-order chi connectivity index (χ1) is 16.1. The van der Waals surface area contributed by atoms with Crippen LogP contribution in [0.4, 0.5) is 5.69 Å². The summed E-state index contributed by atoms with van der Waals surface area (Å²) in [7, 11) is 3.11. The lowest BCUT2D eigenvalue weighted by atomic mass is 10.2. The smallest absolute Gasteiger partial charge is 0.234 e. The summed E-state index contributed by atoms with van der Waals surface area (Å²) in [5.74, 6) is 1.78. The Bertz CT molecular complexity index is 1250. The van der Waals surface area contributed by atoms with E-state index in [2.05, 4.69) is 15.5 Å². The zero-order chi connectivity index (χ0) is 23.2. The van der Waals surface area contributed by atoms with Crippen LogP contribution in [-0.4, -0.2) is 40.6 Å². The fourth-order valence-corrected chi connectivity index (χ4v) is 4.08. The molecule has 7 nitrogen and oxygen atoms in total. The molecule has 1 aromatic heterocycles. The van der Waals surface area contributed by atoms with E-state index in [9.17, 15) is 4.79 Å². The van der Waals surface area contributed by atoms with Crippen LogP contribution in [0.3, 0.4) is 0 Å². The van der Waals surface area contributed by atoms with Crippen molar-refractivity contribution >= 4 is 35.0 Å². The molecule has 0 aliphatic rings. The highest BCUT2D eigenvalue weighted by Gasteiger charge is 2.17. The summed E-state index contributed by atoms with van der Waals surface area (Å²) in [5, 5.41) is 12.8. The number of carbonyl (C=O) groups is 1. The average molecular weight is 481 g/mol. The van der Waals surface area contributed by atoms with E-state index in [1.807, 2.05) is 59.2 Å². The second-order valence-corrected chi connectivity index (χ2v) is 8.27. The van der Waals surface area contributed by atoms with Crippen molar-refractivity contribution in [1.82, 2.24) is 14.8 Å². The molecule has 0 unspecified atom stereocenters. The van der Waals surface area contributed by atoms with Crippen LogP contribution in [0.25, 0.3) is 17.1 Å². The number of hydrogen-bond acceptors (Lipinski definition) is 6. The first kappa shape index (κ1) is 22.7. The quantitative estimate of drug-likeness (QED) is 0.343. The van der Waals surface area contributed by atoms with Gasteiger partial charge in [0.25, 0.3) is 0 Å². The third-order valence-corrected chi connectivity index (χ3v) is 5.93. The molecule has 3 aromatic carbocycles. The number of benzene rings is 3. The van der Waals surface area contributed by atoms with Crippen LogP contribution in [-0.2, 0) is 4.79 Å². The maximum absolute atomic E-state index is 12.6. The average Bonchev–Trinajstić information content (AvgIpc) is 3.27. The van der Waals surface area contributed by atoms with E-state index in [1.165, 1.54) is 11.8 Å². The van der Waals surface area contributed by atoms with E-state index in [1.54, 1.807) is 32.4 Å². The highest BCUT2D eigenvalue weighted by Crippen LogP contribution is 2.31. The molecule has 0 radical (unpaired) electrons. The molecule has 1 heterocycles. The Morgan fingerprint density at radius 1 is 0.970 bits per heavy atom. The lowest BCUT2D eigenvalue weighted by Crippen LogP contribution is -2.14. The van der Waals surface area contributed by atoms with Crippen molar-refractivity contribution in [2.24, 2.45) is 0 Å². The number of anilines is 1. The minimum Gasteiger partial charge on any atom is -0.493 e. The van der Waals surface area contributed by atoms with Gasteiger partial charge in [-0.25, -0.2) is 0 Å². The van der Waals surface area contributed by atoms with Gasteiger partial charge in [0.05, 0.1) is 20.0 Å². The molecule has 0 atom stereocenters. The van der Waals surface area contributed by atoms with Gasteiger partial charge in [-0.3, -0.25) is 9.36 Å². The molecule has 0 spiro atoms. The summed E-state index contributed by atoms with van der Waals surface area (Å²) in [6, 6.07) is 22.4. The number of ether oxygens (including phenoxy) is 2. The number of aromatic nitrogens is 3. The maximum Gasteiger partial charge on any atom is 0.234 e. The molecule has 0 saturated carbocycles. The molecule has 4 rings (SSSR count). The first-order valence-electron chi connectivity index (χ1n) is 10.0. The van der Waals surface area contributed by atoms with Gasteiger partial charge in [-0.15, -0.1) is 10.2 Å². The van der Waals surface area contributed by atoms with Crippen molar-refractivity contribution in [3.8, 4) is 28.6 Å². The summed E-state index contributed by atoms with van der Waals surface area (Å²) < 4.78 is 12.4. The highest BCUT2D eigenvalue weighted by molar-refractivity contribution is 7.99. The molecule has 0 aliphatic carbocycles. The van der Waals surface area contributed by atoms with E-state index in [0.29, 0.717) is 33.2 Å². The van der Waals surface area contributed by atoms with Gasteiger partial charge >= 0.3 is 0 Å². The summed E-state index contributed by atoms with van der Waals surface area (Å²) in [6.45, 7) is 0. The predicted molar refractivity (Wildman–Crippen MR) is 131 cm³/mol. The zero-order valence-electron chi connectivity index (χ0n) is 18.0. The third kappa shape index (κ3) is 5.30. The Morgan fingerprint density at radius 2 is 1.70 bits per heavy atom. The van der Waals surface area contributed by atoms with Crippen molar-refractivity contribution in [3.05, 3.63) is 77.8 Å². The number of thioether (sulfide) groups is 1. The number of methoxy groups -OCH3 is 2. The Labute approximate surface area is 200 Å². The molecule has 33 heavy (non-hydrogen) atoms. The lowest BCUT2D eigenvalue weighted by Gasteiger charge is -2.12. The monoisotopic (exact) mass is 480 g/mol. The predicted octanol–water partition coefficient (Wildman–Crippen LogP) is 5.34. The van der Waals surface area contributed by atoms with Crippen molar-refractivity contribution < 1.29 is 14.3 Å². The van der Waals surface area contributed by atoms with Gasteiger partial charge < -0.3 is 14.8 Å². The number of hydrogen-bond donors (Lipinski definition) is 1. The number of nitrogens with zero attached hydrogens (tertiary/aromatic N) is 3. The molecule has 0 bridgehead atoms. The summed E-state index contributed by atoms with van der Waals surface area (Å²) in [6.07, 6.45) is 0. The summed E-state index contributed by atoms with van der Waals surface area (Å²) in [5.41, 5.74) is 2.38.